The van der Waals surface area contributed by atoms with Gasteiger partial charge in [0, 0.05) is 26.2 Å². The van der Waals surface area contributed by atoms with E-state index >= 15 is 0 Å². The van der Waals surface area contributed by atoms with Gasteiger partial charge in [-0.1, -0.05) is 13.0 Å². The van der Waals surface area contributed by atoms with Crippen molar-refractivity contribution in [3.63, 3.8) is 0 Å². The second-order valence-corrected chi connectivity index (χ2v) is 9.29. The van der Waals surface area contributed by atoms with Crippen molar-refractivity contribution in [1.82, 2.24) is 9.21 Å². The summed E-state index contributed by atoms with van der Waals surface area (Å²) in [5.41, 5.74) is 0.318. The lowest BCUT2D eigenvalue weighted by molar-refractivity contribution is -0.138. The Hall–Kier alpha value is -1.91. The van der Waals surface area contributed by atoms with Crippen LogP contribution in [0.3, 0.4) is 0 Å². The Bertz CT molecular complexity index is 808. The molecule has 1 amide bonds. The molecule has 2 heterocycles. The first-order chi connectivity index (χ1) is 12.4. The van der Waals surface area contributed by atoms with Crippen LogP contribution in [0.5, 0.6) is 0 Å². The van der Waals surface area contributed by atoms with Gasteiger partial charge in [0.1, 0.15) is 0 Å². The summed E-state index contributed by atoms with van der Waals surface area (Å²) in [6, 6.07) is 8.03. The summed E-state index contributed by atoms with van der Waals surface area (Å²) >= 11 is 0. The minimum Gasteiger partial charge on any atom is -0.342 e. The predicted molar refractivity (Wildman–Crippen MR) is 97.6 cm³/mol. The van der Waals surface area contributed by atoms with Crippen LogP contribution >= 0.6 is 0 Å². The lowest BCUT2D eigenvalue weighted by Gasteiger charge is -2.36. The third-order valence-corrected chi connectivity index (χ3v) is 7.29. The molecule has 2 saturated heterocycles. The number of nitrogens with zero attached hydrogens (tertiary/aromatic N) is 3. The molecule has 1 aromatic rings. The van der Waals surface area contributed by atoms with Crippen molar-refractivity contribution in [2.45, 2.75) is 37.5 Å². The number of piperidine rings is 2. The summed E-state index contributed by atoms with van der Waals surface area (Å²) in [4.78, 5) is 14.9. The molecule has 0 radical (unpaired) electrons. The molecular weight excluding hydrogens is 350 g/mol. The summed E-state index contributed by atoms with van der Waals surface area (Å²) in [6.07, 6.45) is 3.44. The molecule has 140 valence electrons. The summed E-state index contributed by atoms with van der Waals surface area (Å²) in [5, 5.41) is 9.01. The van der Waals surface area contributed by atoms with Gasteiger partial charge in [0.25, 0.3) is 0 Å². The average molecular weight is 375 g/mol. The molecule has 3 rings (SSSR count). The number of hydrogen-bond acceptors (Lipinski definition) is 4. The molecule has 7 heteroatoms. The maximum atomic E-state index is 12.9. The summed E-state index contributed by atoms with van der Waals surface area (Å²) in [6.45, 7) is 4.39. The van der Waals surface area contributed by atoms with E-state index in [9.17, 15) is 13.2 Å². The van der Waals surface area contributed by atoms with Crippen LogP contribution in [0.25, 0.3) is 0 Å². The second kappa shape index (κ2) is 7.77. The molecular formula is C19H25N3O3S. The van der Waals surface area contributed by atoms with Crippen molar-refractivity contribution >= 4 is 15.9 Å². The standard InChI is InChI=1S/C19H25N3O3S/c1-15-7-10-21(11-8-15)19(23)17-5-3-9-22(14-17)26(24,25)18-6-2-4-16(12-18)13-20/h2,4,6,12,15,17H,3,5,7-11,14H2,1H3. The molecule has 0 aliphatic carbocycles. The van der Waals surface area contributed by atoms with Crippen LogP contribution in [0, 0.1) is 23.2 Å². The fraction of sp³-hybridized carbons (Fsp3) is 0.579. The van der Waals surface area contributed by atoms with Crippen LogP contribution in [-0.4, -0.2) is 49.7 Å². The average Bonchev–Trinajstić information content (AvgIpc) is 2.68. The highest BCUT2D eigenvalue weighted by Gasteiger charge is 2.35. The molecule has 0 aromatic heterocycles. The lowest BCUT2D eigenvalue weighted by atomic mass is 9.94. The molecule has 6 nitrogen and oxygen atoms in total. The van der Waals surface area contributed by atoms with Gasteiger partial charge in [-0.05, 0) is 49.8 Å². The molecule has 1 atom stereocenters. The topological polar surface area (TPSA) is 81.5 Å². The highest BCUT2D eigenvalue weighted by molar-refractivity contribution is 7.89. The third kappa shape index (κ3) is 3.92. The smallest absolute Gasteiger partial charge is 0.243 e. The van der Waals surface area contributed by atoms with Gasteiger partial charge < -0.3 is 4.90 Å². The lowest BCUT2D eigenvalue weighted by Crippen LogP contribution is -2.48. The molecule has 0 N–H and O–H groups in total. The number of benzene rings is 1. The second-order valence-electron chi connectivity index (χ2n) is 7.35. The van der Waals surface area contributed by atoms with Crippen LogP contribution in [0.15, 0.2) is 29.2 Å². The van der Waals surface area contributed by atoms with Gasteiger partial charge in [0.2, 0.25) is 15.9 Å². The van der Waals surface area contributed by atoms with Crippen molar-refractivity contribution in [3.05, 3.63) is 29.8 Å². The minimum atomic E-state index is -3.69. The molecule has 0 spiro atoms. The molecule has 0 saturated carbocycles. The first kappa shape index (κ1) is 18.9. The Morgan fingerprint density at radius 1 is 1.19 bits per heavy atom. The van der Waals surface area contributed by atoms with E-state index in [1.165, 1.54) is 16.4 Å². The van der Waals surface area contributed by atoms with E-state index in [-0.39, 0.29) is 23.3 Å². The maximum Gasteiger partial charge on any atom is 0.243 e. The van der Waals surface area contributed by atoms with Crippen molar-refractivity contribution in [3.8, 4) is 6.07 Å². The van der Waals surface area contributed by atoms with Crippen molar-refractivity contribution in [2.75, 3.05) is 26.2 Å². The number of carbonyl (C=O) groups is 1. The van der Waals surface area contributed by atoms with E-state index in [0.717, 1.165) is 32.4 Å². The van der Waals surface area contributed by atoms with E-state index in [0.29, 0.717) is 24.4 Å². The van der Waals surface area contributed by atoms with Gasteiger partial charge in [0.15, 0.2) is 0 Å². The van der Waals surface area contributed by atoms with E-state index in [2.05, 4.69) is 6.92 Å². The maximum absolute atomic E-state index is 12.9. The number of carbonyl (C=O) groups excluding carboxylic acids is 1. The number of likely N-dealkylation sites (tertiary alicyclic amines) is 1. The normalized spacial score (nSPS) is 22.8. The van der Waals surface area contributed by atoms with Gasteiger partial charge in [-0.25, -0.2) is 8.42 Å². The molecule has 0 bridgehead atoms. The Balaban J connectivity index is 1.73. The van der Waals surface area contributed by atoms with Gasteiger partial charge in [-0.2, -0.15) is 9.57 Å². The first-order valence-corrected chi connectivity index (χ1v) is 10.6. The molecule has 2 fully saturated rings. The first-order valence-electron chi connectivity index (χ1n) is 9.21. The fourth-order valence-corrected chi connectivity index (χ4v) is 5.29. The SMILES string of the molecule is CC1CCN(C(=O)C2CCCN(S(=O)(=O)c3cccc(C#N)c3)C2)CC1. The fourth-order valence-electron chi connectivity index (χ4n) is 3.72. The highest BCUT2D eigenvalue weighted by atomic mass is 32.2. The van der Waals surface area contributed by atoms with Crippen LogP contribution in [-0.2, 0) is 14.8 Å². The van der Waals surface area contributed by atoms with Gasteiger partial charge >= 0.3 is 0 Å². The van der Waals surface area contributed by atoms with Crippen LogP contribution in [0.2, 0.25) is 0 Å². The van der Waals surface area contributed by atoms with E-state index in [4.69, 9.17) is 5.26 Å². The monoisotopic (exact) mass is 375 g/mol. The number of amides is 1. The zero-order chi connectivity index (χ0) is 18.7. The van der Waals surface area contributed by atoms with Gasteiger partial charge in [-0.3, -0.25) is 4.79 Å². The van der Waals surface area contributed by atoms with Crippen LogP contribution in [0.4, 0.5) is 0 Å². The van der Waals surface area contributed by atoms with Crippen molar-refractivity contribution in [2.24, 2.45) is 11.8 Å². The van der Waals surface area contributed by atoms with Gasteiger partial charge in [0.05, 0.1) is 22.4 Å². The summed E-state index contributed by atoms with van der Waals surface area (Å²) in [5.74, 6) is 0.461. The number of nitriles is 1. The highest BCUT2D eigenvalue weighted by Crippen LogP contribution is 2.27. The van der Waals surface area contributed by atoms with Crippen LogP contribution in [0.1, 0.15) is 38.2 Å². The number of rotatable bonds is 3. The zero-order valence-electron chi connectivity index (χ0n) is 15.1. The quantitative estimate of drug-likeness (QED) is 0.811. The molecule has 1 aromatic carbocycles. The van der Waals surface area contributed by atoms with Crippen LogP contribution < -0.4 is 0 Å². The summed E-state index contributed by atoms with van der Waals surface area (Å²) in [7, 11) is -3.69. The minimum absolute atomic E-state index is 0.0857. The van der Waals surface area contributed by atoms with Crippen molar-refractivity contribution in [1.29, 1.82) is 5.26 Å². The van der Waals surface area contributed by atoms with E-state index < -0.39 is 10.0 Å². The van der Waals surface area contributed by atoms with Gasteiger partial charge in [-0.15, -0.1) is 0 Å². The Morgan fingerprint density at radius 2 is 1.92 bits per heavy atom. The summed E-state index contributed by atoms with van der Waals surface area (Å²) < 4.78 is 27.3. The predicted octanol–water partition coefficient (Wildman–Crippen LogP) is 2.22. The third-order valence-electron chi connectivity index (χ3n) is 5.43. The molecule has 2 aliphatic rings. The van der Waals surface area contributed by atoms with E-state index in [1.807, 2.05) is 11.0 Å². The number of hydrogen-bond donors (Lipinski definition) is 0. The Morgan fingerprint density at radius 3 is 2.62 bits per heavy atom. The molecule has 26 heavy (non-hydrogen) atoms. The molecule has 1 unspecified atom stereocenters. The Labute approximate surface area is 155 Å². The van der Waals surface area contributed by atoms with Crippen molar-refractivity contribution < 1.29 is 13.2 Å². The largest absolute Gasteiger partial charge is 0.342 e. The van der Waals surface area contributed by atoms with E-state index in [1.54, 1.807) is 12.1 Å². The molecule has 2 aliphatic heterocycles. The zero-order valence-corrected chi connectivity index (χ0v) is 15.9. The number of sulfonamides is 1. The Kier molecular flexibility index (Phi) is 5.64.